The third-order valence-corrected chi connectivity index (χ3v) is 2.80. The molecule has 0 heterocycles. The lowest BCUT2D eigenvalue weighted by atomic mass is 10.2. The summed E-state index contributed by atoms with van der Waals surface area (Å²) in [4.78, 5) is 12.7. The summed E-state index contributed by atoms with van der Waals surface area (Å²) in [5.41, 5.74) is 0.658. The van der Waals surface area contributed by atoms with Crippen molar-refractivity contribution in [3.8, 4) is 0 Å². The van der Waals surface area contributed by atoms with Gasteiger partial charge in [0.15, 0.2) is 0 Å². The Morgan fingerprint density at radius 3 is 2.80 bits per heavy atom. The molecule has 0 saturated carbocycles. The fourth-order valence-electron chi connectivity index (χ4n) is 1.18. The Balaban J connectivity index is 2.81. The van der Waals surface area contributed by atoms with Crippen LogP contribution in [0.4, 0.5) is 0 Å². The van der Waals surface area contributed by atoms with Crippen LogP contribution in [-0.2, 0) is 0 Å². The summed E-state index contributed by atoms with van der Waals surface area (Å²) >= 11 is 1.54. The lowest BCUT2D eigenvalue weighted by Crippen LogP contribution is -2.35. The van der Waals surface area contributed by atoms with Crippen LogP contribution in [-0.4, -0.2) is 29.9 Å². The van der Waals surface area contributed by atoms with Crippen molar-refractivity contribution in [1.82, 2.24) is 5.32 Å². The first kappa shape index (κ1) is 12.1. The molecule has 0 radical (unpaired) electrons. The van der Waals surface area contributed by atoms with E-state index in [0.29, 0.717) is 5.56 Å². The summed E-state index contributed by atoms with van der Waals surface area (Å²) in [5.74, 6) is -0.137. The molecule has 0 aliphatic heterocycles. The van der Waals surface area contributed by atoms with Crippen LogP contribution in [0.1, 0.15) is 17.3 Å². The van der Waals surface area contributed by atoms with Gasteiger partial charge in [-0.25, -0.2) is 0 Å². The van der Waals surface area contributed by atoms with Gasteiger partial charge < -0.3 is 10.4 Å². The van der Waals surface area contributed by atoms with Gasteiger partial charge in [0.2, 0.25) is 0 Å². The van der Waals surface area contributed by atoms with E-state index >= 15 is 0 Å². The third-order valence-electron chi connectivity index (χ3n) is 2.00. The lowest BCUT2D eigenvalue weighted by molar-refractivity contribution is 0.0919. The Labute approximate surface area is 93.9 Å². The first-order valence-electron chi connectivity index (χ1n) is 4.73. The van der Waals surface area contributed by atoms with E-state index in [1.54, 1.807) is 13.0 Å². The topological polar surface area (TPSA) is 49.3 Å². The van der Waals surface area contributed by atoms with Crippen molar-refractivity contribution in [2.45, 2.75) is 17.9 Å². The number of rotatable bonds is 4. The zero-order chi connectivity index (χ0) is 11.3. The van der Waals surface area contributed by atoms with Crippen LogP contribution in [0.2, 0.25) is 0 Å². The molecule has 0 fully saturated rings. The smallest absolute Gasteiger partial charge is 0.252 e. The molecule has 15 heavy (non-hydrogen) atoms. The van der Waals surface area contributed by atoms with Gasteiger partial charge >= 0.3 is 0 Å². The zero-order valence-corrected chi connectivity index (χ0v) is 9.67. The predicted molar refractivity (Wildman–Crippen MR) is 62.2 cm³/mol. The van der Waals surface area contributed by atoms with Crippen LogP contribution in [0.3, 0.4) is 0 Å². The molecule has 4 heteroatoms. The van der Waals surface area contributed by atoms with Gasteiger partial charge in [-0.05, 0) is 25.3 Å². The summed E-state index contributed by atoms with van der Waals surface area (Å²) in [6.07, 6.45) is 1.93. The second-order valence-electron chi connectivity index (χ2n) is 3.26. The van der Waals surface area contributed by atoms with Crippen molar-refractivity contribution in [1.29, 1.82) is 0 Å². The fourth-order valence-corrected chi connectivity index (χ4v) is 1.77. The van der Waals surface area contributed by atoms with Crippen LogP contribution in [0.25, 0.3) is 0 Å². The highest BCUT2D eigenvalue weighted by molar-refractivity contribution is 7.98. The second-order valence-corrected chi connectivity index (χ2v) is 4.11. The van der Waals surface area contributed by atoms with Crippen molar-refractivity contribution in [2.24, 2.45) is 0 Å². The standard InChI is InChI=1S/C11H15NO2S/c1-8(7-13)12-11(14)9-5-3-4-6-10(9)15-2/h3-6,8,13H,7H2,1-2H3,(H,12,14). The molecule has 1 aromatic carbocycles. The normalized spacial score (nSPS) is 12.2. The van der Waals surface area contributed by atoms with Crippen molar-refractivity contribution in [3.63, 3.8) is 0 Å². The van der Waals surface area contributed by atoms with E-state index < -0.39 is 0 Å². The number of carbonyl (C=O) groups excluding carboxylic acids is 1. The average Bonchev–Trinajstić information content (AvgIpc) is 2.28. The van der Waals surface area contributed by atoms with Gasteiger partial charge in [0.25, 0.3) is 5.91 Å². The molecule has 1 aromatic rings. The largest absolute Gasteiger partial charge is 0.394 e. The summed E-state index contributed by atoms with van der Waals surface area (Å²) in [6.45, 7) is 1.72. The minimum atomic E-state index is -0.215. The summed E-state index contributed by atoms with van der Waals surface area (Å²) in [7, 11) is 0. The summed E-state index contributed by atoms with van der Waals surface area (Å²) in [5, 5.41) is 11.6. The van der Waals surface area contributed by atoms with E-state index in [9.17, 15) is 4.79 Å². The number of aliphatic hydroxyl groups is 1. The van der Waals surface area contributed by atoms with Crippen LogP contribution < -0.4 is 5.32 Å². The SMILES string of the molecule is CSc1ccccc1C(=O)NC(C)CO. The maximum atomic E-state index is 11.8. The molecule has 0 bridgehead atoms. The quantitative estimate of drug-likeness (QED) is 0.764. The molecular formula is C11H15NO2S. The van der Waals surface area contributed by atoms with Gasteiger partial charge in [-0.1, -0.05) is 12.1 Å². The molecule has 3 nitrogen and oxygen atoms in total. The third kappa shape index (κ3) is 3.25. The minimum absolute atomic E-state index is 0.0484. The van der Waals surface area contributed by atoms with Gasteiger partial charge in [0.05, 0.1) is 12.2 Å². The Morgan fingerprint density at radius 2 is 2.20 bits per heavy atom. The number of hydrogen-bond acceptors (Lipinski definition) is 3. The molecule has 82 valence electrons. The molecule has 0 saturated heterocycles. The number of thioether (sulfide) groups is 1. The Hall–Kier alpha value is -1.00. The monoisotopic (exact) mass is 225 g/mol. The lowest BCUT2D eigenvalue weighted by Gasteiger charge is -2.12. The van der Waals surface area contributed by atoms with Crippen molar-refractivity contribution in [3.05, 3.63) is 29.8 Å². The van der Waals surface area contributed by atoms with Crippen LogP contribution >= 0.6 is 11.8 Å². The van der Waals surface area contributed by atoms with Crippen LogP contribution in [0, 0.1) is 0 Å². The minimum Gasteiger partial charge on any atom is -0.394 e. The Bertz CT molecular complexity index is 341. The van der Waals surface area contributed by atoms with Crippen LogP contribution in [0.5, 0.6) is 0 Å². The molecule has 0 aliphatic rings. The number of aliphatic hydroxyl groups excluding tert-OH is 1. The van der Waals surface area contributed by atoms with E-state index in [4.69, 9.17) is 5.11 Å². The zero-order valence-electron chi connectivity index (χ0n) is 8.86. The molecule has 1 rings (SSSR count). The van der Waals surface area contributed by atoms with Gasteiger partial charge in [-0.15, -0.1) is 11.8 Å². The molecule has 1 amide bonds. The molecule has 0 aliphatic carbocycles. The van der Waals surface area contributed by atoms with Gasteiger partial charge in [0.1, 0.15) is 0 Å². The van der Waals surface area contributed by atoms with Gasteiger partial charge in [0, 0.05) is 10.9 Å². The van der Waals surface area contributed by atoms with E-state index in [-0.39, 0.29) is 18.6 Å². The summed E-state index contributed by atoms with van der Waals surface area (Å²) in [6, 6.07) is 7.21. The van der Waals surface area contributed by atoms with Gasteiger partial charge in [-0.3, -0.25) is 4.79 Å². The fraction of sp³-hybridized carbons (Fsp3) is 0.364. The maximum Gasteiger partial charge on any atom is 0.252 e. The van der Waals surface area contributed by atoms with Crippen LogP contribution in [0.15, 0.2) is 29.2 Å². The number of nitrogens with one attached hydrogen (secondary N) is 1. The van der Waals surface area contributed by atoms with E-state index in [0.717, 1.165) is 4.90 Å². The van der Waals surface area contributed by atoms with Crippen molar-refractivity contribution >= 4 is 17.7 Å². The highest BCUT2D eigenvalue weighted by Crippen LogP contribution is 2.19. The average molecular weight is 225 g/mol. The van der Waals surface area contributed by atoms with E-state index in [1.807, 2.05) is 24.5 Å². The molecule has 0 spiro atoms. The number of hydrogen-bond donors (Lipinski definition) is 2. The highest BCUT2D eigenvalue weighted by atomic mass is 32.2. The molecule has 1 unspecified atom stereocenters. The number of carbonyl (C=O) groups is 1. The molecule has 2 N–H and O–H groups in total. The first-order chi connectivity index (χ1) is 7.19. The van der Waals surface area contributed by atoms with Crippen molar-refractivity contribution in [2.75, 3.05) is 12.9 Å². The first-order valence-corrected chi connectivity index (χ1v) is 5.96. The molecule has 0 aromatic heterocycles. The number of amides is 1. The molecular weight excluding hydrogens is 210 g/mol. The number of benzene rings is 1. The van der Waals surface area contributed by atoms with Gasteiger partial charge in [-0.2, -0.15) is 0 Å². The second kappa shape index (κ2) is 5.78. The Kier molecular flexibility index (Phi) is 4.65. The summed E-state index contributed by atoms with van der Waals surface area (Å²) < 4.78 is 0. The Morgan fingerprint density at radius 1 is 1.53 bits per heavy atom. The highest BCUT2D eigenvalue weighted by Gasteiger charge is 2.11. The maximum absolute atomic E-state index is 11.8. The van der Waals surface area contributed by atoms with E-state index in [1.165, 1.54) is 11.8 Å². The molecule has 1 atom stereocenters. The van der Waals surface area contributed by atoms with E-state index in [2.05, 4.69) is 5.32 Å². The predicted octanol–water partition coefficient (Wildman–Crippen LogP) is 1.52. The van der Waals surface area contributed by atoms with Crippen molar-refractivity contribution < 1.29 is 9.90 Å².